The zero-order chi connectivity index (χ0) is 12.5. The zero-order valence-corrected chi connectivity index (χ0v) is 10.9. The summed E-state index contributed by atoms with van der Waals surface area (Å²) in [4.78, 5) is 15.7. The van der Waals surface area contributed by atoms with E-state index in [0.717, 1.165) is 24.3 Å². The van der Waals surface area contributed by atoms with Gasteiger partial charge in [0.25, 0.3) is 0 Å². The Morgan fingerprint density at radius 2 is 2.00 bits per heavy atom. The number of hydrogen-bond acceptors (Lipinski definition) is 3. The molecule has 2 fully saturated rings. The SMILES string of the molecule is CN1CC2CCCN(c3ccc(C=O)cc3)C2C1. The first-order chi connectivity index (χ1) is 8.78. The molecule has 0 aliphatic carbocycles. The minimum Gasteiger partial charge on any atom is -0.367 e. The normalized spacial score (nSPS) is 28.2. The smallest absolute Gasteiger partial charge is 0.150 e. The van der Waals surface area contributed by atoms with E-state index in [1.165, 1.54) is 31.6 Å². The third kappa shape index (κ3) is 2.03. The molecule has 3 heteroatoms. The predicted octanol–water partition coefficient (Wildman–Crippen LogP) is 2.03. The number of nitrogens with zero attached hydrogens (tertiary/aromatic N) is 2. The van der Waals surface area contributed by atoms with E-state index < -0.39 is 0 Å². The molecule has 1 aromatic carbocycles. The Morgan fingerprint density at radius 1 is 1.22 bits per heavy atom. The average molecular weight is 244 g/mol. The minimum absolute atomic E-state index is 0.658. The van der Waals surface area contributed by atoms with Gasteiger partial charge in [0.2, 0.25) is 0 Å². The molecule has 2 saturated heterocycles. The van der Waals surface area contributed by atoms with Crippen molar-refractivity contribution in [1.29, 1.82) is 0 Å². The number of piperidine rings is 1. The molecule has 3 nitrogen and oxygen atoms in total. The third-order valence-corrected chi connectivity index (χ3v) is 4.32. The van der Waals surface area contributed by atoms with Crippen molar-refractivity contribution < 1.29 is 4.79 Å². The Labute approximate surface area is 108 Å². The highest BCUT2D eigenvalue weighted by molar-refractivity contribution is 5.75. The average Bonchev–Trinajstić information content (AvgIpc) is 2.79. The predicted molar refractivity (Wildman–Crippen MR) is 73.2 cm³/mol. The summed E-state index contributed by atoms with van der Waals surface area (Å²) in [6, 6.07) is 8.68. The second kappa shape index (κ2) is 4.73. The van der Waals surface area contributed by atoms with Gasteiger partial charge in [-0.3, -0.25) is 4.79 Å². The number of rotatable bonds is 2. The van der Waals surface area contributed by atoms with Crippen LogP contribution in [0.4, 0.5) is 5.69 Å². The van der Waals surface area contributed by atoms with Crippen LogP contribution in [-0.4, -0.2) is 43.9 Å². The standard InChI is InChI=1S/C15H20N2O/c1-16-9-13-3-2-8-17(15(13)10-16)14-6-4-12(11-18)5-7-14/h4-7,11,13,15H,2-3,8-10H2,1H3. The van der Waals surface area contributed by atoms with Crippen molar-refractivity contribution in [2.75, 3.05) is 31.6 Å². The molecule has 1 aromatic rings. The molecule has 2 unspecified atom stereocenters. The monoisotopic (exact) mass is 244 g/mol. The molecule has 96 valence electrons. The van der Waals surface area contributed by atoms with Gasteiger partial charge >= 0.3 is 0 Å². The fourth-order valence-electron chi connectivity index (χ4n) is 3.46. The lowest BCUT2D eigenvalue weighted by atomic mass is 9.91. The van der Waals surface area contributed by atoms with Crippen molar-refractivity contribution in [2.45, 2.75) is 18.9 Å². The summed E-state index contributed by atoms with van der Waals surface area (Å²) >= 11 is 0. The number of aldehydes is 1. The van der Waals surface area contributed by atoms with E-state index in [1.54, 1.807) is 0 Å². The van der Waals surface area contributed by atoms with Crippen molar-refractivity contribution in [3.8, 4) is 0 Å². The van der Waals surface area contributed by atoms with Crippen LogP contribution in [0.3, 0.4) is 0 Å². The van der Waals surface area contributed by atoms with Gasteiger partial charge in [0, 0.05) is 36.9 Å². The Kier molecular flexibility index (Phi) is 3.08. The van der Waals surface area contributed by atoms with Gasteiger partial charge in [-0.15, -0.1) is 0 Å². The van der Waals surface area contributed by atoms with E-state index in [-0.39, 0.29) is 0 Å². The van der Waals surface area contributed by atoms with Gasteiger partial charge in [-0.05, 0) is 50.1 Å². The van der Waals surface area contributed by atoms with Crippen LogP contribution < -0.4 is 4.90 Å². The van der Waals surface area contributed by atoms with Crippen molar-refractivity contribution in [1.82, 2.24) is 4.90 Å². The largest absolute Gasteiger partial charge is 0.367 e. The quantitative estimate of drug-likeness (QED) is 0.744. The van der Waals surface area contributed by atoms with Gasteiger partial charge in [-0.2, -0.15) is 0 Å². The molecule has 0 amide bonds. The van der Waals surface area contributed by atoms with Crippen molar-refractivity contribution in [2.24, 2.45) is 5.92 Å². The molecular formula is C15H20N2O. The molecule has 3 rings (SSSR count). The van der Waals surface area contributed by atoms with E-state index in [9.17, 15) is 4.79 Å². The lowest BCUT2D eigenvalue weighted by Gasteiger charge is -2.38. The lowest BCUT2D eigenvalue weighted by molar-refractivity contribution is 0.112. The number of fused-ring (bicyclic) bond motifs is 1. The Balaban J connectivity index is 1.83. The maximum Gasteiger partial charge on any atom is 0.150 e. The van der Waals surface area contributed by atoms with Crippen LogP contribution >= 0.6 is 0 Å². The molecule has 2 atom stereocenters. The maximum absolute atomic E-state index is 10.7. The molecule has 2 aliphatic heterocycles. The van der Waals surface area contributed by atoms with Gasteiger partial charge in [0.15, 0.2) is 0 Å². The highest BCUT2D eigenvalue weighted by Crippen LogP contribution is 2.33. The van der Waals surface area contributed by atoms with Crippen LogP contribution in [0.25, 0.3) is 0 Å². The van der Waals surface area contributed by atoms with Gasteiger partial charge < -0.3 is 9.80 Å². The molecule has 2 aliphatic rings. The topological polar surface area (TPSA) is 23.6 Å². The lowest BCUT2D eigenvalue weighted by Crippen LogP contribution is -2.45. The summed E-state index contributed by atoms with van der Waals surface area (Å²) < 4.78 is 0. The highest BCUT2D eigenvalue weighted by atomic mass is 16.1. The van der Waals surface area contributed by atoms with Crippen LogP contribution in [0.1, 0.15) is 23.2 Å². The Morgan fingerprint density at radius 3 is 2.72 bits per heavy atom. The number of carbonyl (C=O) groups is 1. The Hall–Kier alpha value is -1.35. The third-order valence-electron chi connectivity index (χ3n) is 4.32. The summed E-state index contributed by atoms with van der Waals surface area (Å²) in [6.45, 7) is 3.54. The van der Waals surface area contributed by atoms with E-state index in [1.807, 2.05) is 12.1 Å². The second-order valence-corrected chi connectivity index (χ2v) is 5.59. The summed E-state index contributed by atoms with van der Waals surface area (Å²) in [6.07, 6.45) is 3.55. The molecule has 0 N–H and O–H groups in total. The molecule has 0 bridgehead atoms. The Bertz CT molecular complexity index is 429. The molecule has 0 spiro atoms. The van der Waals surface area contributed by atoms with Crippen LogP contribution in [0.5, 0.6) is 0 Å². The van der Waals surface area contributed by atoms with E-state index in [4.69, 9.17) is 0 Å². The molecule has 2 heterocycles. The van der Waals surface area contributed by atoms with Gasteiger partial charge in [-0.25, -0.2) is 0 Å². The molecular weight excluding hydrogens is 224 g/mol. The molecule has 18 heavy (non-hydrogen) atoms. The molecule has 0 aromatic heterocycles. The maximum atomic E-state index is 10.7. The number of likely N-dealkylation sites (tertiary alicyclic amines) is 1. The van der Waals surface area contributed by atoms with Crippen LogP contribution in [0.15, 0.2) is 24.3 Å². The summed E-state index contributed by atoms with van der Waals surface area (Å²) in [5, 5.41) is 0. The first kappa shape index (κ1) is 11.7. The highest BCUT2D eigenvalue weighted by Gasteiger charge is 2.37. The summed E-state index contributed by atoms with van der Waals surface area (Å²) in [7, 11) is 2.21. The minimum atomic E-state index is 0.658. The number of benzene rings is 1. The van der Waals surface area contributed by atoms with Gasteiger partial charge in [0.1, 0.15) is 6.29 Å². The fourth-order valence-corrected chi connectivity index (χ4v) is 3.46. The second-order valence-electron chi connectivity index (χ2n) is 5.59. The van der Waals surface area contributed by atoms with Crippen LogP contribution in [0, 0.1) is 5.92 Å². The van der Waals surface area contributed by atoms with E-state index in [2.05, 4.69) is 29.0 Å². The number of anilines is 1. The van der Waals surface area contributed by atoms with Gasteiger partial charge in [0.05, 0.1) is 0 Å². The van der Waals surface area contributed by atoms with Crippen molar-refractivity contribution in [3.05, 3.63) is 29.8 Å². The van der Waals surface area contributed by atoms with Crippen LogP contribution in [-0.2, 0) is 0 Å². The van der Waals surface area contributed by atoms with E-state index >= 15 is 0 Å². The summed E-state index contributed by atoms with van der Waals surface area (Å²) in [5.41, 5.74) is 2.03. The van der Waals surface area contributed by atoms with E-state index in [0.29, 0.717) is 6.04 Å². The molecule has 0 radical (unpaired) electrons. The van der Waals surface area contributed by atoms with Crippen LogP contribution in [0.2, 0.25) is 0 Å². The summed E-state index contributed by atoms with van der Waals surface area (Å²) in [5.74, 6) is 0.814. The number of carbonyl (C=O) groups excluding carboxylic acids is 1. The fraction of sp³-hybridized carbons (Fsp3) is 0.533. The zero-order valence-electron chi connectivity index (χ0n) is 10.9. The number of hydrogen-bond donors (Lipinski definition) is 0. The first-order valence-electron chi connectivity index (χ1n) is 6.78. The van der Waals surface area contributed by atoms with Crippen molar-refractivity contribution in [3.63, 3.8) is 0 Å². The molecule has 0 saturated carbocycles. The van der Waals surface area contributed by atoms with Crippen molar-refractivity contribution >= 4 is 12.0 Å². The number of likely N-dealkylation sites (N-methyl/N-ethyl adjacent to an activating group) is 1. The first-order valence-corrected chi connectivity index (χ1v) is 6.78. The van der Waals surface area contributed by atoms with Gasteiger partial charge in [-0.1, -0.05) is 0 Å².